The van der Waals surface area contributed by atoms with Crippen LogP contribution < -0.4 is 5.32 Å². The Morgan fingerprint density at radius 1 is 0.897 bits per heavy atom. The highest BCUT2D eigenvalue weighted by molar-refractivity contribution is 5.61. The van der Waals surface area contributed by atoms with Crippen LogP contribution in [0.5, 0.6) is 0 Å². The van der Waals surface area contributed by atoms with Gasteiger partial charge in [0.1, 0.15) is 0 Å². The van der Waals surface area contributed by atoms with Crippen molar-refractivity contribution in [3.63, 3.8) is 0 Å². The van der Waals surface area contributed by atoms with Crippen molar-refractivity contribution in [1.29, 1.82) is 0 Å². The van der Waals surface area contributed by atoms with Crippen LogP contribution in [-0.4, -0.2) is 4.98 Å². The summed E-state index contributed by atoms with van der Waals surface area (Å²) in [4.78, 5) is 4.23. The molecule has 148 valence electrons. The summed E-state index contributed by atoms with van der Waals surface area (Å²) >= 11 is 0. The van der Waals surface area contributed by atoms with Crippen LogP contribution in [0, 0.1) is 23.7 Å². The van der Waals surface area contributed by atoms with E-state index in [1.807, 2.05) is 12.4 Å². The molecule has 3 atom stereocenters. The number of aromatic nitrogens is 1. The predicted molar refractivity (Wildman–Crippen MR) is 117 cm³/mol. The van der Waals surface area contributed by atoms with Gasteiger partial charge in [-0.2, -0.15) is 0 Å². The van der Waals surface area contributed by atoms with E-state index < -0.39 is 0 Å². The summed E-state index contributed by atoms with van der Waals surface area (Å²) in [5.74, 6) is 4.19. The van der Waals surface area contributed by atoms with Crippen molar-refractivity contribution in [3.8, 4) is 0 Å². The first-order chi connectivity index (χ1) is 14.3. The van der Waals surface area contributed by atoms with Gasteiger partial charge in [0.2, 0.25) is 0 Å². The van der Waals surface area contributed by atoms with Gasteiger partial charge in [-0.05, 0) is 109 Å². The van der Waals surface area contributed by atoms with Crippen LogP contribution in [0.1, 0.15) is 73.6 Å². The van der Waals surface area contributed by atoms with Gasteiger partial charge < -0.3 is 5.32 Å². The van der Waals surface area contributed by atoms with Crippen molar-refractivity contribution in [2.24, 2.45) is 23.7 Å². The molecule has 8 rings (SSSR count). The SMILES string of the molecule is C1=C[C@H]2c3cc(C45CC6CC(CC(C6)C4)C5)ccc3N[C@@H](c3ccncc3)[C@@H]2C1. The van der Waals surface area contributed by atoms with Gasteiger partial charge in [0.05, 0.1) is 6.04 Å². The molecule has 1 aliphatic heterocycles. The molecule has 0 radical (unpaired) electrons. The van der Waals surface area contributed by atoms with E-state index in [4.69, 9.17) is 0 Å². The number of nitrogens with zero attached hydrogens (tertiary/aromatic N) is 1. The van der Waals surface area contributed by atoms with Gasteiger partial charge in [0.25, 0.3) is 0 Å². The minimum atomic E-state index is 0.385. The quantitative estimate of drug-likeness (QED) is 0.610. The Hall–Kier alpha value is -2.09. The van der Waals surface area contributed by atoms with Gasteiger partial charge in [0.15, 0.2) is 0 Å². The third kappa shape index (κ3) is 2.44. The van der Waals surface area contributed by atoms with Crippen LogP contribution in [0.25, 0.3) is 0 Å². The zero-order valence-corrected chi connectivity index (χ0v) is 17.1. The van der Waals surface area contributed by atoms with E-state index in [2.05, 4.69) is 52.8 Å². The lowest BCUT2D eigenvalue weighted by atomic mass is 9.48. The molecule has 1 aromatic carbocycles. The Bertz CT molecular complexity index is 940. The van der Waals surface area contributed by atoms with Crippen molar-refractivity contribution >= 4 is 5.69 Å². The van der Waals surface area contributed by atoms with E-state index in [0.717, 1.165) is 17.8 Å². The normalized spacial score (nSPS) is 41.1. The lowest BCUT2D eigenvalue weighted by molar-refractivity contribution is -0.00523. The van der Waals surface area contributed by atoms with Crippen LogP contribution in [-0.2, 0) is 5.41 Å². The van der Waals surface area contributed by atoms with Gasteiger partial charge in [-0.3, -0.25) is 4.98 Å². The Kier molecular flexibility index (Phi) is 3.43. The van der Waals surface area contributed by atoms with Crippen molar-refractivity contribution in [2.75, 3.05) is 5.32 Å². The first-order valence-corrected chi connectivity index (χ1v) is 11.7. The highest BCUT2D eigenvalue weighted by Gasteiger charge is 2.52. The molecule has 4 bridgehead atoms. The highest BCUT2D eigenvalue weighted by Crippen LogP contribution is 2.61. The zero-order valence-electron chi connectivity index (χ0n) is 17.1. The summed E-state index contributed by atoms with van der Waals surface area (Å²) in [5.41, 5.74) is 6.44. The van der Waals surface area contributed by atoms with E-state index in [1.54, 1.807) is 11.1 Å². The maximum atomic E-state index is 4.23. The van der Waals surface area contributed by atoms with E-state index in [9.17, 15) is 0 Å². The van der Waals surface area contributed by atoms with Crippen molar-refractivity contribution in [3.05, 3.63) is 71.6 Å². The van der Waals surface area contributed by atoms with Gasteiger partial charge in [-0.1, -0.05) is 24.3 Å². The van der Waals surface area contributed by atoms with Crippen LogP contribution in [0.4, 0.5) is 5.69 Å². The number of rotatable bonds is 2. The third-order valence-corrected chi connectivity index (χ3v) is 9.08. The minimum Gasteiger partial charge on any atom is -0.378 e. The molecule has 0 saturated heterocycles. The summed E-state index contributed by atoms with van der Waals surface area (Å²) < 4.78 is 0. The second-order valence-corrected chi connectivity index (χ2v) is 10.8. The topological polar surface area (TPSA) is 24.9 Å². The van der Waals surface area contributed by atoms with Gasteiger partial charge in [0, 0.05) is 24.0 Å². The second-order valence-electron chi connectivity index (χ2n) is 10.8. The van der Waals surface area contributed by atoms with Gasteiger partial charge in [-0.25, -0.2) is 0 Å². The third-order valence-electron chi connectivity index (χ3n) is 9.08. The van der Waals surface area contributed by atoms with Crippen molar-refractivity contribution in [1.82, 2.24) is 4.98 Å². The Labute approximate surface area is 173 Å². The zero-order chi connectivity index (χ0) is 19.0. The maximum absolute atomic E-state index is 4.23. The number of benzene rings is 1. The van der Waals surface area contributed by atoms with Crippen LogP contribution in [0.2, 0.25) is 0 Å². The van der Waals surface area contributed by atoms with E-state index >= 15 is 0 Å². The fraction of sp³-hybridized carbons (Fsp3) is 0.519. The predicted octanol–water partition coefficient (Wildman–Crippen LogP) is 6.38. The minimum absolute atomic E-state index is 0.385. The summed E-state index contributed by atoms with van der Waals surface area (Å²) in [7, 11) is 0. The fourth-order valence-corrected chi connectivity index (χ4v) is 8.29. The molecule has 4 fully saturated rings. The maximum Gasteiger partial charge on any atom is 0.0555 e. The Balaban J connectivity index is 1.29. The average Bonchev–Trinajstić information content (AvgIpc) is 3.23. The van der Waals surface area contributed by atoms with Gasteiger partial charge >= 0.3 is 0 Å². The van der Waals surface area contributed by atoms with E-state index in [-0.39, 0.29) is 0 Å². The Morgan fingerprint density at radius 3 is 2.34 bits per heavy atom. The Morgan fingerprint density at radius 2 is 1.62 bits per heavy atom. The molecule has 1 aromatic heterocycles. The summed E-state index contributed by atoms with van der Waals surface area (Å²) in [5, 5.41) is 3.92. The standard InChI is InChI=1S/C27H30N2/c1-2-22-23(3-1)26(20-6-8-28-9-7-20)29-25-5-4-21(13-24(22)25)27-14-17-10-18(15-27)12-19(11-17)16-27/h1-2,4-9,13,17-19,22-23,26,29H,3,10-12,14-16H2/t17?,18?,19?,22-,23-,26+,27?/m1/s1. The van der Waals surface area contributed by atoms with Gasteiger partial charge in [-0.15, -0.1) is 0 Å². The summed E-state index contributed by atoms with van der Waals surface area (Å²) in [6, 6.07) is 12.3. The first kappa shape index (κ1) is 16.7. The fourth-order valence-electron chi connectivity index (χ4n) is 8.29. The number of anilines is 1. The molecule has 0 amide bonds. The van der Waals surface area contributed by atoms with Crippen LogP contribution in [0.15, 0.2) is 54.9 Å². The van der Waals surface area contributed by atoms with Crippen LogP contribution >= 0.6 is 0 Å². The second kappa shape index (κ2) is 5.97. The summed E-state index contributed by atoms with van der Waals surface area (Å²) in [6.07, 6.45) is 18.9. The molecule has 4 saturated carbocycles. The molecule has 2 nitrogen and oxygen atoms in total. The number of allylic oxidation sites excluding steroid dienone is 2. The average molecular weight is 383 g/mol. The first-order valence-electron chi connectivity index (χ1n) is 11.7. The molecule has 0 spiro atoms. The van der Waals surface area contributed by atoms with Crippen LogP contribution in [0.3, 0.4) is 0 Å². The smallest absolute Gasteiger partial charge is 0.0555 e. The molecule has 0 unspecified atom stereocenters. The largest absolute Gasteiger partial charge is 0.378 e. The molecule has 2 heteroatoms. The van der Waals surface area contributed by atoms with Crippen molar-refractivity contribution < 1.29 is 0 Å². The monoisotopic (exact) mass is 382 g/mol. The number of pyridine rings is 1. The highest BCUT2D eigenvalue weighted by atomic mass is 15.0. The number of fused-ring (bicyclic) bond motifs is 3. The molecular formula is C27H30N2. The van der Waals surface area contributed by atoms with Crippen molar-refractivity contribution in [2.45, 2.75) is 62.3 Å². The number of nitrogens with one attached hydrogen (secondary N) is 1. The molecule has 2 aromatic rings. The van der Waals surface area contributed by atoms with E-state index in [0.29, 0.717) is 23.3 Å². The number of hydrogen-bond donors (Lipinski definition) is 1. The molecular weight excluding hydrogens is 352 g/mol. The molecule has 29 heavy (non-hydrogen) atoms. The summed E-state index contributed by atoms with van der Waals surface area (Å²) in [6.45, 7) is 0. The lowest BCUT2D eigenvalue weighted by Crippen LogP contribution is -2.48. The molecule has 6 aliphatic rings. The van der Waals surface area contributed by atoms with E-state index in [1.165, 1.54) is 56.2 Å². The number of hydrogen-bond acceptors (Lipinski definition) is 2. The molecule has 1 N–H and O–H groups in total. The molecule has 2 heterocycles. The molecule has 5 aliphatic carbocycles. The lowest BCUT2D eigenvalue weighted by Gasteiger charge is -2.57.